The Labute approximate surface area is 163 Å². The Balaban J connectivity index is 0.00000176. The maximum atomic E-state index is 11.6. The van der Waals surface area contributed by atoms with E-state index in [0.717, 1.165) is 23.4 Å². The van der Waals surface area contributed by atoms with Gasteiger partial charge in [0.1, 0.15) is 5.69 Å². The van der Waals surface area contributed by atoms with Crippen LogP contribution in [0.2, 0.25) is 0 Å². The first-order chi connectivity index (χ1) is 13.0. The smallest absolute Gasteiger partial charge is 0.267 e. The van der Waals surface area contributed by atoms with E-state index < -0.39 is 5.91 Å². The number of aliphatic imine (C=N–C) groups is 1. The summed E-state index contributed by atoms with van der Waals surface area (Å²) in [6, 6.07) is 11.6. The van der Waals surface area contributed by atoms with Crippen LogP contribution in [0.4, 0.5) is 0 Å². The fourth-order valence-electron chi connectivity index (χ4n) is 2.82. The van der Waals surface area contributed by atoms with Crippen LogP contribution in [0.3, 0.4) is 0 Å². The monoisotopic (exact) mass is 365 g/mol. The predicted molar refractivity (Wildman–Crippen MR) is 114 cm³/mol. The number of carbonyl (C=O) groups is 1. The van der Waals surface area contributed by atoms with Crippen molar-refractivity contribution in [2.45, 2.75) is 53.9 Å². The molecule has 0 radical (unpaired) electrons. The summed E-state index contributed by atoms with van der Waals surface area (Å²) < 4.78 is 0. The molecule has 0 saturated carbocycles. The number of nitrogens with zero attached hydrogens (tertiary/aromatic N) is 2. The van der Waals surface area contributed by atoms with Crippen LogP contribution in [-0.4, -0.2) is 17.1 Å². The zero-order valence-electron chi connectivity index (χ0n) is 17.3. The van der Waals surface area contributed by atoms with Crippen LogP contribution in [0.1, 0.15) is 72.9 Å². The molecule has 0 fully saturated rings. The largest absolute Gasteiger partial charge is 0.364 e. The van der Waals surface area contributed by atoms with E-state index in [9.17, 15) is 4.79 Å². The first-order valence-corrected chi connectivity index (χ1v) is 9.51. The summed E-state index contributed by atoms with van der Waals surface area (Å²) in [6.07, 6.45) is 4.74. The Bertz CT molecular complexity index is 822. The molecule has 0 aliphatic rings. The number of hydrogen-bond acceptors (Lipinski definition) is 3. The lowest BCUT2D eigenvalue weighted by molar-refractivity contribution is 0.0995. The Morgan fingerprint density at radius 1 is 1.19 bits per heavy atom. The number of carbonyl (C=O) groups excluding carboxylic acids is 1. The van der Waals surface area contributed by atoms with E-state index >= 15 is 0 Å². The quantitative estimate of drug-likeness (QED) is 0.702. The number of pyridine rings is 1. The maximum Gasteiger partial charge on any atom is 0.267 e. The molecule has 2 N–H and O–H groups in total. The summed E-state index contributed by atoms with van der Waals surface area (Å²) in [6.45, 7) is 12.2. The van der Waals surface area contributed by atoms with E-state index in [1.165, 1.54) is 11.1 Å². The van der Waals surface area contributed by atoms with Gasteiger partial charge < -0.3 is 5.73 Å². The van der Waals surface area contributed by atoms with Crippen molar-refractivity contribution in [3.8, 4) is 0 Å². The summed E-state index contributed by atoms with van der Waals surface area (Å²) in [7, 11) is 0. The highest BCUT2D eigenvalue weighted by atomic mass is 16.1. The van der Waals surface area contributed by atoms with Crippen LogP contribution in [0, 0.1) is 13.8 Å². The molecule has 0 aliphatic carbocycles. The van der Waals surface area contributed by atoms with Crippen molar-refractivity contribution in [3.05, 3.63) is 76.2 Å². The molecule has 1 aromatic carbocycles. The number of primary amides is 1. The van der Waals surface area contributed by atoms with E-state index in [1.807, 2.05) is 51.3 Å². The van der Waals surface area contributed by atoms with Gasteiger partial charge in [-0.05, 0) is 56.0 Å². The number of nitrogens with two attached hydrogens (primary N) is 1. The molecule has 2 aromatic rings. The Kier molecular flexibility index (Phi) is 9.14. The number of hydrogen-bond donors (Lipinski definition) is 1. The van der Waals surface area contributed by atoms with Gasteiger partial charge in [-0.25, -0.2) is 4.98 Å². The van der Waals surface area contributed by atoms with Gasteiger partial charge in [0.05, 0.1) is 11.6 Å². The molecular weight excluding hydrogens is 334 g/mol. The van der Waals surface area contributed by atoms with E-state index in [-0.39, 0.29) is 11.6 Å². The number of aryl methyl sites for hydroxylation is 1. The van der Waals surface area contributed by atoms with Crippen LogP contribution in [0.15, 0.2) is 53.2 Å². The van der Waals surface area contributed by atoms with Gasteiger partial charge >= 0.3 is 0 Å². The zero-order valence-corrected chi connectivity index (χ0v) is 17.3. The summed E-state index contributed by atoms with van der Waals surface area (Å²) in [4.78, 5) is 20.7. The van der Waals surface area contributed by atoms with Crippen LogP contribution >= 0.6 is 0 Å². The van der Waals surface area contributed by atoms with Crippen molar-refractivity contribution in [1.29, 1.82) is 0 Å². The fourth-order valence-corrected chi connectivity index (χ4v) is 2.82. The van der Waals surface area contributed by atoms with Gasteiger partial charge in [0.2, 0.25) is 0 Å². The van der Waals surface area contributed by atoms with E-state index in [1.54, 1.807) is 6.07 Å². The van der Waals surface area contributed by atoms with Gasteiger partial charge in [0.15, 0.2) is 0 Å². The number of amides is 1. The first kappa shape index (κ1) is 22.3. The number of rotatable bonds is 6. The van der Waals surface area contributed by atoms with Crippen LogP contribution < -0.4 is 5.73 Å². The summed E-state index contributed by atoms with van der Waals surface area (Å²) >= 11 is 0. The van der Waals surface area contributed by atoms with Crippen LogP contribution in [0.25, 0.3) is 0 Å². The lowest BCUT2D eigenvalue weighted by Gasteiger charge is -2.21. The molecule has 1 amide bonds. The molecule has 0 aliphatic heterocycles. The van der Waals surface area contributed by atoms with E-state index in [4.69, 9.17) is 5.73 Å². The summed E-state index contributed by atoms with van der Waals surface area (Å²) in [5, 5.41) is 0. The van der Waals surface area contributed by atoms with Crippen molar-refractivity contribution in [2.24, 2.45) is 10.7 Å². The molecule has 27 heavy (non-hydrogen) atoms. The number of benzene rings is 1. The number of aromatic nitrogens is 1. The average Bonchev–Trinajstić information content (AvgIpc) is 2.69. The zero-order chi connectivity index (χ0) is 20.4. The molecule has 144 valence electrons. The van der Waals surface area contributed by atoms with Crippen molar-refractivity contribution < 1.29 is 4.79 Å². The van der Waals surface area contributed by atoms with Gasteiger partial charge in [0, 0.05) is 11.9 Å². The Hall–Kier alpha value is -2.75. The third-order valence-electron chi connectivity index (χ3n) is 4.29. The molecule has 4 heteroatoms. The molecule has 0 spiro atoms. The molecular formula is C23H31N3O. The van der Waals surface area contributed by atoms with Crippen molar-refractivity contribution in [2.75, 3.05) is 0 Å². The topological polar surface area (TPSA) is 68.3 Å². The third-order valence-corrected chi connectivity index (χ3v) is 4.29. The fraction of sp³-hybridized carbons (Fsp3) is 0.348. The predicted octanol–water partition coefficient (Wildman–Crippen LogP) is 5.34. The van der Waals surface area contributed by atoms with Crippen molar-refractivity contribution >= 4 is 12.1 Å². The second-order valence-electron chi connectivity index (χ2n) is 5.97. The highest BCUT2D eigenvalue weighted by Crippen LogP contribution is 2.34. The third kappa shape index (κ3) is 5.61. The molecule has 1 unspecified atom stereocenters. The first-order valence-electron chi connectivity index (χ1n) is 9.51. The summed E-state index contributed by atoms with van der Waals surface area (Å²) in [5.74, 6) is -0.673. The molecule has 2 rings (SSSR count). The Morgan fingerprint density at radius 2 is 1.85 bits per heavy atom. The van der Waals surface area contributed by atoms with E-state index in [2.05, 4.69) is 42.9 Å². The minimum atomic E-state index is -0.527. The second kappa shape index (κ2) is 11.1. The highest BCUT2D eigenvalue weighted by molar-refractivity contribution is 5.90. The van der Waals surface area contributed by atoms with Gasteiger partial charge in [-0.2, -0.15) is 0 Å². The van der Waals surface area contributed by atoms with Gasteiger partial charge in [-0.15, -0.1) is 0 Å². The molecule has 1 heterocycles. The van der Waals surface area contributed by atoms with Gasteiger partial charge in [0.25, 0.3) is 5.91 Å². The lowest BCUT2D eigenvalue weighted by atomic mass is 9.87. The molecule has 1 atom stereocenters. The van der Waals surface area contributed by atoms with Gasteiger partial charge in [-0.3, -0.25) is 9.79 Å². The summed E-state index contributed by atoms with van der Waals surface area (Å²) in [5.41, 5.74) is 10.9. The van der Waals surface area contributed by atoms with Crippen molar-refractivity contribution in [3.63, 3.8) is 0 Å². The van der Waals surface area contributed by atoms with E-state index in [0.29, 0.717) is 0 Å². The van der Waals surface area contributed by atoms with Crippen LogP contribution in [-0.2, 0) is 0 Å². The standard InChI is InChI=1S/C21H25N3O.C2H6/c1-5-13-23-17(6-2)20(16-10-7-9-14(3)15(16)4)18-11-8-12-19(24-18)21(22)25;1-2/h6-13,20H,5H2,1-4H3,(H2,22,25);1-2H3/b17-6-,23-13?;. The highest BCUT2D eigenvalue weighted by Gasteiger charge is 2.23. The maximum absolute atomic E-state index is 11.6. The average molecular weight is 366 g/mol. The van der Waals surface area contributed by atoms with Crippen LogP contribution in [0.5, 0.6) is 0 Å². The minimum Gasteiger partial charge on any atom is -0.364 e. The number of allylic oxidation sites excluding steroid dienone is 2. The molecule has 1 aromatic heterocycles. The lowest BCUT2D eigenvalue weighted by Crippen LogP contribution is -2.16. The Morgan fingerprint density at radius 3 is 2.44 bits per heavy atom. The minimum absolute atomic E-state index is 0.146. The van der Waals surface area contributed by atoms with Crippen molar-refractivity contribution in [1.82, 2.24) is 4.98 Å². The molecule has 0 saturated heterocycles. The second-order valence-corrected chi connectivity index (χ2v) is 5.97. The van der Waals surface area contributed by atoms with Gasteiger partial charge in [-0.1, -0.05) is 51.1 Å². The molecule has 4 nitrogen and oxygen atoms in total. The SMILES string of the molecule is C/C=C(\N=CCC)C(c1cccc(C(N)=O)n1)c1cccc(C)c1C.CC. The molecule has 0 bridgehead atoms. The normalized spacial score (nSPS) is 12.4.